The Morgan fingerprint density at radius 2 is 1.82 bits per heavy atom. The molecule has 1 aliphatic carbocycles. The van der Waals surface area contributed by atoms with Crippen LogP contribution < -0.4 is 0 Å². The van der Waals surface area contributed by atoms with Crippen molar-refractivity contribution in [1.29, 1.82) is 0 Å². The van der Waals surface area contributed by atoms with Gasteiger partial charge >= 0.3 is 0 Å². The molecule has 6 nitrogen and oxygen atoms in total. The molecule has 1 saturated heterocycles. The monoisotopic (exact) mass is 462 g/mol. The number of hydrogen-bond donors (Lipinski definition) is 0. The molecule has 1 fully saturated rings. The van der Waals surface area contributed by atoms with Gasteiger partial charge in [0.1, 0.15) is 0 Å². The van der Waals surface area contributed by atoms with E-state index in [0.717, 1.165) is 29.1 Å². The van der Waals surface area contributed by atoms with Gasteiger partial charge in [0, 0.05) is 24.7 Å². The highest BCUT2D eigenvalue weighted by atomic mass is 32.2. The minimum atomic E-state index is -3.55. The standard InChI is InChI=1S/C26H30N4O2S/c1-25(2,3)20-8-10-22(11-9-20)33(31,32)29-14-12-21-15-23-19(16-26(21,4)18-29)17-28-30(23)24-7-5-6-13-27-24/h5-11,13,15,17H,12,14,16,18H2,1-4H3/t26-/m1/s1. The molecule has 2 aromatic heterocycles. The molecule has 172 valence electrons. The number of hydrogen-bond acceptors (Lipinski definition) is 4. The smallest absolute Gasteiger partial charge is 0.237 e. The average molecular weight is 463 g/mol. The van der Waals surface area contributed by atoms with Crippen LogP contribution in [0.1, 0.15) is 50.9 Å². The van der Waals surface area contributed by atoms with Crippen molar-refractivity contribution in [3.8, 4) is 5.82 Å². The summed E-state index contributed by atoms with van der Waals surface area (Å²) in [7, 11) is -3.55. The first kappa shape index (κ1) is 22.0. The third-order valence-corrected chi connectivity index (χ3v) is 8.79. The summed E-state index contributed by atoms with van der Waals surface area (Å²) in [6.45, 7) is 9.51. The van der Waals surface area contributed by atoms with Crippen LogP contribution in [0, 0.1) is 5.41 Å². The lowest BCUT2D eigenvalue weighted by molar-refractivity contribution is 0.231. The molecule has 0 saturated carbocycles. The maximum atomic E-state index is 13.5. The Morgan fingerprint density at radius 3 is 2.48 bits per heavy atom. The predicted octanol–water partition coefficient (Wildman–Crippen LogP) is 4.61. The summed E-state index contributed by atoms with van der Waals surface area (Å²) in [6.07, 6.45) is 7.32. The first-order chi connectivity index (χ1) is 15.6. The normalized spacial score (nSPS) is 21.3. The maximum absolute atomic E-state index is 13.5. The quantitative estimate of drug-likeness (QED) is 0.570. The minimum Gasteiger partial charge on any atom is -0.237 e. The minimum absolute atomic E-state index is 0.0138. The number of rotatable bonds is 3. The highest BCUT2D eigenvalue weighted by molar-refractivity contribution is 7.89. The molecule has 7 heteroatoms. The molecule has 2 aliphatic rings. The van der Waals surface area contributed by atoms with E-state index in [2.05, 4.69) is 43.9 Å². The topological polar surface area (TPSA) is 68.1 Å². The Bertz CT molecular complexity index is 1320. The number of benzene rings is 1. The largest absolute Gasteiger partial charge is 0.243 e. The first-order valence-electron chi connectivity index (χ1n) is 11.4. The lowest BCUT2D eigenvalue weighted by Gasteiger charge is -2.43. The number of sulfonamides is 1. The number of fused-ring (bicyclic) bond motifs is 2. The van der Waals surface area contributed by atoms with Gasteiger partial charge in [0.2, 0.25) is 10.0 Å². The van der Waals surface area contributed by atoms with Gasteiger partial charge in [0.15, 0.2) is 5.82 Å². The van der Waals surface area contributed by atoms with Crippen LogP contribution in [-0.4, -0.2) is 40.6 Å². The third kappa shape index (κ3) is 3.83. The predicted molar refractivity (Wildman–Crippen MR) is 130 cm³/mol. The third-order valence-electron chi connectivity index (χ3n) is 6.93. The van der Waals surface area contributed by atoms with E-state index in [1.54, 1.807) is 22.6 Å². The van der Waals surface area contributed by atoms with Crippen LogP contribution in [0.2, 0.25) is 0 Å². The van der Waals surface area contributed by atoms with E-state index >= 15 is 0 Å². The number of nitrogens with zero attached hydrogens (tertiary/aromatic N) is 4. The SMILES string of the molecule is CC(C)(C)c1ccc(S(=O)(=O)N2CCC3=Cc4c(cnn4-c4ccccn4)C[C@]3(C)C2)cc1. The van der Waals surface area contributed by atoms with Crippen molar-refractivity contribution in [2.75, 3.05) is 13.1 Å². The van der Waals surface area contributed by atoms with E-state index < -0.39 is 10.0 Å². The van der Waals surface area contributed by atoms with E-state index in [4.69, 9.17) is 0 Å². The Morgan fingerprint density at radius 1 is 1.06 bits per heavy atom. The van der Waals surface area contributed by atoms with Crippen molar-refractivity contribution in [3.05, 3.63) is 77.3 Å². The molecule has 1 aromatic carbocycles. The number of aromatic nitrogens is 3. The highest BCUT2D eigenvalue weighted by Gasteiger charge is 2.43. The molecule has 0 N–H and O–H groups in total. The summed E-state index contributed by atoms with van der Waals surface area (Å²) >= 11 is 0. The van der Waals surface area contributed by atoms with Crippen molar-refractivity contribution in [2.24, 2.45) is 5.41 Å². The molecular weight excluding hydrogens is 432 g/mol. The second-order valence-electron chi connectivity index (χ2n) is 10.4. The van der Waals surface area contributed by atoms with Crippen LogP contribution in [-0.2, 0) is 21.9 Å². The van der Waals surface area contributed by atoms with Crippen molar-refractivity contribution in [1.82, 2.24) is 19.1 Å². The molecule has 0 bridgehead atoms. The lowest BCUT2D eigenvalue weighted by atomic mass is 9.70. The van der Waals surface area contributed by atoms with E-state index in [1.807, 2.05) is 41.2 Å². The van der Waals surface area contributed by atoms with Crippen molar-refractivity contribution in [3.63, 3.8) is 0 Å². The van der Waals surface area contributed by atoms with Gasteiger partial charge in [-0.2, -0.15) is 9.40 Å². The van der Waals surface area contributed by atoms with Gasteiger partial charge in [-0.05, 0) is 59.7 Å². The summed E-state index contributed by atoms with van der Waals surface area (Å²) in [4.78, 5) is 4.80. The summed E-state index contributed by atoms with van der Waals surface area (Å²) in [6, 6.07) is 13.2. The second-order valence-corrected chi connectivity index (χ2v) is 12.4. The molecule has 0 radical (unpaired) electrons. The summed E-state index contributed by atoms with van der Waals surface area (Å²) in [5.74, 6) is 0.790. The number of piperidine rings is 1. The van der Waals surface area contributed by atoms with Crippen molar-refractivity contribution >= 4 is 16.1 Å². The van der Waals surface area contributed by atoms with Gasteiger partial charge in [0.25, 0.3) is 0 Å². The fourth-order valence-corrected chi connectivity index (χ4v) is 6.51. The van der Waals surface area contributed by atoms with Crippen LogP contribution in [0.4, 0.5) is 0 Å². The van der Waals surface area contributed by atoms with E-state index in [1.165, 1.54) is 5.57 Å². The maximum Gasteiger partial charge on any atom is 0.243 e. The zero-order valence-corrected chi connectivity index (χ0v) is 20.4. The molecule has 3 heterocycles. The lowest BCUT2D eigenvalue weighted by Crippen LogP contribution is -2.47. The van der Waals surface area contributed by atoms with Crippen LogP contribution in [0.25, 0.3) is 11.9 Å². The van der Waals surface area contributed by atoms with E-state index in [-0.39, 0.29) is 10.8 Å². The van der Waals surface area contributed by atoms with Gasteiger partial charge in [-0.1, -0.05) is 51.5 Å². The molecular formula is C26H30N4O2S. The summed E-state index contributed by atoms with van der Waals surface area (Å²) in [5.41, 5.74) is 4.32. The highest BCUT2D eigenvalue weighted by Crippen LogP contribution is 2.44. The Kier molecular flexibility index (Phi) is 5.10. The van der Waals surface area contributed by atoms with Gasteiger partial charge in [-0.15, -0.1) is 0 Å². The Hall–Kier alpha value is -2.77. The van der Waals surface area contributed by atoms with Crippen LogP contribution in [0.3, 0.4) is 0 Å². The Balaban J connectivity index is 1.42. The van der Waals surface area contributed by atoms with Gasteiger partial charge in [-0.3, -0.25) is 0 Å². The van der Waals surface area contributed by atoms with Crippen LogP contribution in [0.15, 0.2) is 65.3 Å². The average Bonchev–Trinajstić information content (AvgIpc) is 3.18. The first-order valence-corrected chi connectivity index (χ1v) is 12.8. The molecule has 0 unspecified atom stereocenters. The summed E-state index contributed by atoms with van der Waals surface area (Å²) in [5, 5.41) is 4.58. The molecule has 33 heavy (non-hydrogen) atoms. The summed E-state index contributed by atoms with van der Waals surface area (Å²) < 4.78 is 30.5. The zero-order chi connectivity index (χ0) is 23.4. The van der Waals surface area contributed by atoms with Gasteiger partial charge < -0.3 is 0 Å². The molecule has 0 amide bonds. The number of pyridine rings is 1. The zero-order valence-electron chi connectivity index (χ0n) is 19.6. The van der Waals surface area contributed by atoms with Crippen LogP contribution in [0.5, 0.6) is 0 Å². The second kappa shape index (κ2) is 7.64. The fraction of sp³-hybridized carbons (Fsp3) is 0.385. The van der Waals surface area contributed by atoms with Crippen molar-refractivity contribution < 1.29 is 8.42 Å². The Labute approximate surface area is 196 Å². The van der Waals surface area contributed by atoms with Gasteiger partial charge in [-0.25, -0.2) is 18.1 Å². The molecule has 1 atom stereocenters. The van der Waals surface area contributed by atoms with Gasteiger partial charge in [0.05, 0.1) is 16.8 Å². The molecule has 3 aromatic rings. The molecule has 5 rings (SSSR count). The van der Waals surface area contributed by atoms with E-state index in [9.17, 15) is 8.42 Å². The van der Waals surface area contributed by atoms with E-state index in [0.29, 0.717) is 24.4 Å². The molecule has 1 aliphatic heterocycles. The fourth-order valence-electron chi connectivity index (χ4n) is 4.94. The molecule has 0 spiro atoms. The van der Waals surface area contributed by atoms with Crippen LogP contribution >= 0.6 is 0 Å². The van der Waals surface area contributed by atoms with Crippen molar-refractivity contribution in [2.45, 2.75) is 50.8 Å².